The number of pyridine rings is 1. The number of nitrogens with zero attached hydrogens (tertiary/aromatic N) is 6. The third kappa shape index (κ3) is 15.7. The first kappa shape index (κ1) is 51.3. The topological polar surface area (TPSA) is 299 Å². The summed E-state index contributed by atoms with van der Waals surface area (Å²) in [6.45, 7) is 9.51. The van der Waals surface area contributed by atoms with Crippen molar-refractivity contribution >= 4 is 57.3 Å². The number of nitrogens with two attached hydrogens (primary N) is 1. The van der Waals surface area contributed by atoms with Gasteiger partial charge in [-0.25, -0.2) is 14.8 Å². The van der Waals surface area contributed by atoms with Crippen LogP contribution in [0.1, 0.15) is 104 Å². The van der Waals surface area contributed by atoms with Gasteiger partial charge in [-0.1, -0.05) is 107 Å². The second-order valence-electron chi connectivity index (χ2n) is 16.7. The van der Waals surface area contributed by atoms with Crippen molar-refractivity contribution in [2.75, 3.05) is 18.6 Å². The van der Waals surface area contributed by atoms with E-state index in [-0.39, 0.29) is 37.0 Å². The van der Waals surface area contributed by atoms with Crippen LogP contribution < -0.4 is 38.0 Å². The Hall–Kier alpha value is -6.34. The number of aromatic nitrogens is 3. The Bertz CT molecular complexity index is 2240. The molecule has 20 nitrogen and oxygen atoms in total. The Balaban J connectivity index is 1.49. The van der Waals surface area contributed by atoms with Crippen molar-refractivity contribution < 1.29 is 29.1 Å². The van der Waals surface area contributed by atoms with Crippen molar-refractivity contribution in [3.63, 3.8) is 0 Å². The number of hydrogen-bond acceptors (Lipinski definition) is 13. The predicted octanol–water partition coefficient (Wildman–Crippen LogP) is 5.00. The van der Waals surface area contributed by atoms with Crippen LogP contribution in [0.5, 0.6) is 0 Å². The lowest BCUT2D eigenvalue weighted by Crippen LogP contribution is -2.60. The van der Waals surface area contributed by atoms with E-state index in [1.54, 1.807) is 27.7 Å². The Morgan fingerprint density at radius 2 is 1.60 bits per heavy atom. The Kier molecular flexibility index (Phi) is 20.9. The number of aliphatic hydroxyl groups is 1. The summed E-state index contributed by atoms with van der Waals surface area (Å²) in [4.78, 5) is 72.3. The van der Waals surface area contributed by atoms with Crippen LogP contribution in [0, 0.1) is 17.2 Å². The molecule has 0 aliphatic rings. The number of amidine groups is 1. The molecule has 4 rings (SSSR count). The van der Waals surface area contributed by atoms with Gasteiger partial charge in [-0.05, 0) is 61.1 Å². The standard InChI is InChI=1S/C45H66N14O6/c1-6-7-23-36-54-40-41(59(36)26-30-17-9-8-10-18-30)31-19-11-12-20-32(31)50-42(40)56-58-65-45(64)39(29(4)5)55-43(62)33(21-13-14-22-34(46)47)51-44(63)38(28(2)3)53-35(27-60)52-37(61)24-15-16-25-49-57-48/h8-12,17-20,28-29,33,35,38-39,53,58,60H,6-7,13-16,21-27H2,1-5H3,(H3,46,47)(H,50,56)(H,51,63)(H,52,61)(H,55,62). The average Bonchev–Trinajstić information content (AvgIpc) is 3.64. The van der Waals surface area contributed by atoms with Gasteiger partial charge in [-0.2, -0.15) is 0 Å². The number of carbonyl (C=O) groups is 4. The molecule has 0 bridgehead atoms. The maximum Gasteiger partial charge on any atom is 0.349 e. The summed E-state index contributed by atoms with van der Waals surface area (Å²) < 4.78 is 2.21. The molecule has 0 fully saturated rings. The normalized spacial score (nSPS) is 13.2. The lowest BCUT2D eigenvalue weighted by atomic mass is 10.00. The zero-order valence-corrected chi connectivity index (χ0v) is 38.1. The fourth-order valence-electron chi connectivity index (χ4n) is 7.27. The molecular formula is C45H66N14O6. The van der Waals surface area contributed by atoms with E-state index in [1.165, 1.54) is 0 Å². The van der Waals surface area contributed by atoms with Crippen LogP contribution >= 0.6 is 0 Å². The molecule has 0 saturated heterocycles. The van der Waals surface area contributed by atoms with Crippen molar-refractivity contribution in [3.8, 4) is 0 Å². The van der Waals surface area contributed by atoms with Gasteiger partial charge in [0, 0.05) is 42.6 Å². The van der Waals surface area contributed by atoms with Crippen LogP contribution in [0.3, 0.4) is 0 Å². The van der Waals surface area contributed by atoms with Gasteiger partial charge in [0.1, 0.15) is 29.6 Å². The molecule has 4 aromatic rings. The van der Waals surface area contributed by atoms with E-state index in [0.717, 1.165) is 41.6 Å². The van der Waals surface area contributed by atoms with Crippen molar-refractivity contribution in [3.05, 3.63) is 76.4 Å². The minimum absolute atomic E-state index is 0.00677. The number of anilines is 1. The first-order valence-corrected chi connectivity index (χ1v) is 22.4. The number of fused-ring (bicyclic) bond motifs is 3. The highest BCUT2D eigenvalue weighted by Gasteiger charge is 2.33. The summed E-state index contributed by atoms with van der Waals surface area (Å²) in [5, 5.41) is 33.3. The summed E-state index contributed by atoms with van der Waals surface area (Å²) in [6, 6.07) is 14.7. The van der Waals surface area contributed by atoms with Gasteiger partial charge >= 0.3 is 5.97 Å². The summed E-state index contributed by atoms with van der Waals surface area (Å²) >= 11 is 0. The van der Waals surface area contributed by atoms with E-state index in [4.69, 9.17) is 31.5 Å². The number of hydrogen-bond donors (Lipinski definition) is 9. The summed E-state index contributed by atoms with van der Waals surface area (Å²) in [7, 11) is 0. The van der Waals surface area contributed by atoms with Gasteiger partial charge in [-0.3, -0.25) is 30.5 Å². The molecule has 65 heavy (non-hydrogen) atoms. The molecule has 2 aromatic carbocycles. The van der Waals surface area contributed by atoms with Gasteiger partial charge < -0.3 is 36.2 Å². The molecule has 10 N–H and O–H groups in total. The van der Waals surface area contributed by atoms with Gasteiger partial charge in [0.25, 0.3) is 0 Å². The number of aliphatic hydroxyl groups excluding tert-OH is 1. The second kappa shape index (κ2) is 26.4. The van der Waals surface area contributed by atoms with E-state index in [0.29, 0.717) is 55.5 Å². The van der Waals surface area contributed by atoms with E-state index in [2.05, 4.69) is 65.9 Å². The summed E-state index contributed by atoms with van der Waals surface area (Å²) in [5.74, 6) is -1.94. The number of imidazole rings is 1. The fraction of sp³-hybridized carbons (Fsp3) is 0.533. The first-order valence-electron chi connectivity index (χ1n) is 22.4. The van der Waals surface area contributed by atoms with Crippen LogP contribution in [0.4, 0.5) is 5.82 Å². The zero-order chi connectivity index (χ0) is 47.3. The number of unbranched alkanes of at least 4 members (excludes halogenated alkanes) is 3. The molecule has 0 aliphatic heterocycles. The molecule has 20 heteroatoms. The molecular weight excluding hydrogens is 833 g/mol. The van der Waals surface area contributed by atoms with Gasteiger partial charge in [-0.15, -0.1) is 0 Å². The monoisotopic (exact) mass is 899 g/mol. The van der Waals surface area contributed by atoms with Crippen molar-refractivity contribution in [2.24, 2.45) is 22.7 Å². The van der Waals surface area contributed by atoms with E-state index < -0.39 is 54.6 Å². The number of rotatable bonds is 29. The zero-order valence-electron chi connectivity index (χ0n) is 38.1. The number of carbonyl (C=O) groups excluding carboxylic acids is 4. The third-order valence-electron chi connectivity index (χ3n) is 10.8. The lowest BCUT2D eigenvalue weighted by Gasteiger charge is -2.30. The number of azide groups is 1. The fourth-order valence-corrected chi connectivity index (χ4v) is 7.27. The highest BCUT2D eigenvalue weighted by atomic mass is 16.7. The Labute approximate surface area is 379 Å². The number of aryl methyl sites for hydroxylation is 1. The van der Waals surface area contributed by atoms with Crippen molar-refractivity contribution in [1.82, 2.24) is 41.4 Å². The first-order chi connectivity index (χ1) is 31.3. The minimum atomic E-state index is -1.15. The SMILES string of the molecule is CCCCc1nc2c(NNOC(=O)C(NC(=O)C(CCCCC(=N)N)NC(=O)C(NC(CO)NC(=O)CCCCN=[N+]=[N-])C(C)C)C(C)C)nc3ccccc3c2n1Cc1ccccc1. The molecule has 352 valence electrons. The van der Waals surface area contributed by atoms with Crippen LogP contribution in [-0.2, 0) is 37.0 Å². The van der Waals surface area contributed by atoms with Crippen LogP contribution in [0.25, 0.3) is 32.4 Å². The number of benzene rings is 2. The van der Waals surface area contributed by atoms with Gasteiger partial charge in [0.2, 0.25) is 17.7 Å². The van der Waals surface area contributed by atoms with Crippen LogP contribution in [-0.4, -0.2) is 86.6 Å². The second-order valence-corrected chi connectivity index (χ2v) is 16.7. The van der Waals surface area contributed by atoms with E-state index >= 15 is 0 Å². The average molecular weight is 899 g/mol. The van der Waals surface area contributed by atoms with Gasteiger partial charge in [0.15, 0.2) is 5.82 Å². The molecule has 3 amide bonds. The molecule has 0 spiro atoms. The maximum atomic E-state index is 14.0. The lowest BCUT2D eigenvalue weighted by molar-refractivity contribution is -0.155. The van der Waals surface area contributed by atoms with Crippen molar-refractivity contribution in [2.45, 2.75) is 130 Å². The highest BCUT2D eigenvalue weighted by molar-refractivity contribution is 6.07. The molecule has 4 atom stereocenters. The highest BCUT2D eigenvalue weighted by Crippen LogP contribution is 2.31. The number of para-hydroxylation sites is 1. The third-order valence-corrected chi connectivity index (χ3v) is 10.8. The number of nitrogens with one attached hydrogen (secondary N) is 7. The molecule has 0 saturated carbocycles. The summed E-state index contributed by atoms with van der Waals surface area (Å²) in [6.07, 6.45) is 4.16. The predicted molar refractivity (Wildman–Crippen MR) is 250 cm³/mol. The van der Waals surface area contributed by atoms with Crippen molar-refractivity contribution in [1.29, 1.82) is 5.41 Å². The van der Waals surface area contributed by atoms with E-state index in [1.807, 2.05) is 42.5 Å². The molecule has 0 radical (unpaired) electrons. The smallest absolute Gasteiger partial charge is 0.349 e. The molecule has 4 unspecified atom stereocenters. The minimum Gasteiger partial charge on any atom is -0.393 e. The largest absolute Gasteiger partial charge is 0.393 e. The number of amides is 3. The van der Waals surface area contributed by atoms with Crippen LogP contribution in [0.2, 0.25) is 0 Å². The maximum absolute atomic E-state index is 14.0. The molecule has 2 heterocycles. The Morgan fingerprint density at radius 1 is 0.892 bits per heavy atom. The van der Waals surface area contributed by atoms with Crippen LogP contribution in [0.15, 0.2) is 59.7 Å². The van der Waals surface area contributed by atoms with Gasteiger partial charge in [0.05, 0.1) is 29.5 Å². The Morgan fingerprint density at radius 3 is 2.28 bits per heavy atom. The summed E-state index contributed by atoms with van der Waals surface area (Å²) in [5.41, 5.74) is 22.8. The number of hydrazine groups is 1. The molecule has 2 aromatic heterocycles. The quantitative estimate of drug-likeness (QED) is 0.00509. The molecule has 0 aliphatic carbocycles. The van der Waals surface area contributed by atoms with E-state index in [9.17, 15) is 24.3 Å².